The van der Waals surface area contributed by atoms with E-state index < -0.39 is 0 Å². The highest BCUT2D eigenvalue weighted by molar-refractivity contribution is 5.79. The van der Waals surface area contributed by atoms with Crippen LogP contribution in [0.5, 0.6) is 0 Å². The fraction of sp³-hybridized carbons (Fsp3) is 0.476. The second kappa shape index (κ2) is 9.43. The van der Waals surface area contributed by atoms with Gasteiger partial charge in [-0.1, -0.05) is 31.2 Å². The molecule has 0 radical (unpaired) electrons. The van der Waals surface area contributed by atoms with Crippen molar-refractivity contribution in [1.82, 2.24) is 15.5 Å². The maximum atomic E-state index is 5.32. The zero-order valence-corrected chi connectivity index (χ0v) is 15.9. The number of nitrogens with zero attached hydrogens (tertiary/aromatic N) is 2. The Bertz CT molecular complexity index is 679. The summed E-state index contributed by atoms with van der Waals surface area (Å²) in [6.45, 7) is 7.24. The monoisotopic (exact) mass is 354 g/mol. The number of aliphatic imine (C=N–C) groups is 1. The minimum atomic E-state index is 0.625. The highest BCUT2D eigenvalue weighted by atomic mass is 16.3. The average Bonchev–Trinajstić information content (AvgIpc) is 3.17. The van der Waals surface area contributed by atoms with E-state index in [4.69, 9.17) is 4.42 Å². The molecule has 3 rings (SSSR count). The predicted octanol–water partition coefficient (Wildman–Crippen LogP) is 3.38. The van der Waals surface area contributed by atoms with E-state index in [1.165, 1.54) is 37.1 Å². The van der Waals surface area contributed by atoms with E-state index in [0.717, 1.165) is 30.7 Å². The summed E-state index contributed by atoms with van der Waals surface area (Å²) >= 11 is 0. The van der Waals surface area contributed by atoms with Gasteiger partial charge in [0.15, 0.2) is 5.96 Å². The molecular formula is C21H30N4O. The summed E-state index contributed by atoms with van der Waals surface area (Å²) in [5, 5.41) is 6.59. The van der Waals surface area contributed by atoms with Crippen molar-refractivity contribution in [2.45, 2.75) is 39.4 Å². The maximum Gasteiger partial charge on any atom is 0.191 e. The summed E-state index contributed by atoms with van der Waals surface area (Å²) in [6.07, 6.45) is 4.38. The fourth-order valence-electron chi connectivity index (χ4n) is 3.44. The molecule has 2 heterocycles. The SMILES string of the molecule is CN=C(NCc1ccc(CN2CCCC(C)C2)cc1)NCc1ccco1. The molecule has 1 aliphatic heterocycles. The third-order valence-electron chi connectivity index (χ3n) is 4.86. The Morgan fingerprint density at radius 1 is 1.15 bits per heavy atom. The van der Waals surface area contributed by atoms with Crippen LogP contribution >= 0.6 is 0 Å². The molecule has 0 spiro atoms. The Labute approximate surface area is 156 Å². The van der Waals surface area contributed by atoms with E-state index >= 15 is 0 Å². The number of piperidine rings is 1. The number of guanidine groups is 1. The molecule has 1 aromatic carbocycles. The summed E-state index contributed by atoms with van der Waals surface area (Å²) in [7, 11) is 1.78. The smallest absolute Gasteiger partial charge is 0.191 e. The van der Waals surface area contributed by atoms with Gasteiger partial charge in [0, 0.05) is 26.7 Å². The fourth-order valence-corrected chi connectivity index (χ4v) is 3.44. The van der Waals surface area contributed by atoms with Crippen molar-refractivity contribution in [1.29, 1.82) is 0 Å². The van der Waals surface area contributed by atoms with Gasteiger partial charge in [0.2, 0.25) is 0 Å². The largest absolute Gasteiger partial charge is 0.467 e. The molecule has 0 bridgehead atoms. The molecule has 2 N–H and O–H groups in total. The van der Waals surface area contributed by atoms with Gasteiger partial charge in [0.25, 0.3) is 0 Å². The molecule has 0 aliphatic carbocycles. The van der Waals surface area contributed by atoms with E-state index in [2.05, 4.69) is 51.7 Å². The zero-order valence-electron chi connectivity index (χ0n) is 15.9. The third-order valence-corrected chi connectivity index (χ3v) is 4.86. The molecule has 1 atom stereocenters. The first-order valence-electron chi connectivity index (χ1n) is 9.50. The Hall–Kier alpha value is -2.27. The molecular weight excluding hydrogens is 324 g/mol. The van der Waals surface area contributed by atoms with Crippen LogP contribution in [0.3, 0.4) is 0 Å². The molecule has 1 unspecified atom stereocenters. The minimum absolute atomic E-state index is 0.625. The number of benzene rings is 1. The summed E-state index contributed by atoms with van der Waals surface area (Å²) < 4.78 is 5.32. The Balaban J connectivity index is 1.44. The van der Waals surface area contributed by atoms with Crippen LogP contribution < -0.4 is 10.6 Å². The molecule has 0 amide bonds. The lowest BCUT2D eigenvalue weighted by molar-refractivity contribution is 0.176. The van der Waals surface area contributed by atoms with Gasteiger partial charge in [-0.15, -0.1) is 0 Å². The number of hydrogen-bond donors (Lipinski definition) is 2. The van der Waals surface area contributed by atoms with Crippen LogP contribution in [0.4, 0.5) is 0 Å². The number of hydrogen-bond acceptors (Lipinski definition) is 3. The normalized spacial score (nSPS) is 18.7. The highest BCUT2D eigenvalue weighted by Gasteiger charge is 2.16. The average molecular weight is 354 g/mol. The first-order valence-corrected chi connectivity index (χ1v) is 9.50. The van der Waals surface area contributed by atoms with Crippen molar-refractivity contribution in [2.75, 3.05) is 20.1 Å². The summed E-state index contributed by atoms with van der Waals surface area (Å²) in [5.74, 6) is 2.49. The summed E-state index contributed by atoms with van der Waals surface area (Å²) in [6, 6.07) is 12.7. The van der Waals surface area contributed by atoms with Crippen LogP contribution in [0.15, 0.2) is 52.1 Å². The van der Waals surface area contributed by atoms with Crippen molar-refractivity contribution >= 4 is 5.96 Å². The molecule has 1 saturated heterocycles. The van der Waals surface area contributed by atoms with Gasteiger partial charge in [-0.2, -0.15) is 0 Å². The molecule has 1 aliphatic rings. The standard InChI is InChI=1S/C21H30N4O/c1-17-5-3-11-25(15-17)16-19-9-7-18(8-10-19)13-23-21(22-2)24-14-20-6-4-12-26-20/h4,6-10,12,17H,3,5,11,13-16H2,1-2H3,(H2,22,23,24). The van der Waals surface area contributed by atoms with Crippen LogP contribution in [0.25, 0.3) is 0 Å². The second-order valence-electron chi connectivity index (χ2n) is 7.16. The van der Waals surface area contributed by atoms with Gasteiger partial charge in [-0.3, -0.25) is 9.89 Å². The van der Waals surface area contributed by atoms with Gasteiger partial charge >= 0.3 is 0 Å². The topological polar surface area (TPSA) is 52.8 Å². The second-order valence-corrected chi connectivity index (χ2v) is 7.16. The Kier molecular flexibility index (Phi) is 6.72. The lowest BCUT2D eigenvalue weighted by atomic mass is 9.99. The van der Waals surface area contributed by atoms with Crippen LogP contribution in [-0.4, -0.2) is 31.0 Å². The highest BCUT2D eigenvalue weighted by Crippen LogP contribution is 2.18. The predicted molar refractivity (Wildman–Crippen MR) is 106 cm³/mol. The van der Waals surface area contributed by atoms with Crippen molar-refractivity contribution in [3.05, 3.63) is 59.5 Å². The van der Waals surface area contributed by atoms with E-state index in [1.54, 1.807) is 13.3 Å². The summed E-state index contributed by atoms with van der Waals surface area (Å²) in [4.78, 5) is 6.82. The Morgan fingerprint density at radius 3 is 2.62 bits per heavy atom. The number of likely N-dealkylation sites (tertiary alicyclic amines) is 1. The molecule has 1 aromatic heterocycles. The zero-order chi connectivity index (χ0) is 18.2. The molecule has 140 valence electrons. The van der Waals surface area contributed by atoms with Crippen LogP contribution in [0, 0.1) is 5.92 Å². The van der Waals surface area contributed by atoms with Gasteiger partial charge in [-0.25, -0.2) is 0 Å². The summed E-state index contributed by atoms with van der Waals surface area (Å²) in [5.41, 5.74) is 2.64. The number of furan rings is 1. The minimum Gasteiger partial charge on any atom is -0.467 e. The van der Waals surface area contributed by atoms with E-state index in [1.807, 2.05) is 12.1 Å². The van der Waals surface area contributed by atoms with Crippen LogP contribution in [0.1, 0.15) is 36.7 Å². The van der Waals surface area contributed by atoms with Crippen LogP contribution in [0.2, 0.25) is 0 Å². The molecule has 5 heteroatoms. The van der Waals surface area contributed by atoms with Crippen molar-refractivity contribution in [2.24, 2.45) is 10.9 Å². The molecule has 5 nitrogen and oxygen atoms in total. The van der Waals surface area contributed by atoms with Gasteiger partial charge in [0.1, 0.15) is 5.76 Å². The van der Waals surface area contributed by atoms with E-state index in [-0.39, 0.29) is 0 Å². The Morgan fingerprint density at radius 2 is 1.92 bits per heavy atom. The maximum absolute atomic E-state index is 5.32. The van der Waals surface area contributed by atoms with Crippen LogP contribution in [-0.2, 0) is 19.6 Å². The van der Waals surface area contributed by atoms with Crippen molar-refractivity contribution < 1.29 is 4.42 Å². The molecule has 2 aromatic rings. The first-order chi connectivity index (χ1) is 12.7. The van der Waals surface area contributed by atoms with Crippen molar-refractivity contribution in [3.63, 3.8) is 0 Å². The van der Waals surface area contributed by atoms with Crippen molar-refractivity contribution in [3.8, 4) is 0 Å². The van der Waals surface area contributed by atoms with E-state index in [9.17, 15) is 0 Å². The molecule has 0 saturated carbocycles. The van der Waals surface area contributed by atoms with Gasteiger partial charge in [0.05, 0.1) is 12.8 Å². The van der Waals surface area contributed by atoms with Gasteiger partial charge < -0.3 is 15.1 Å². The third kappa shape index (κ3) is 5.63. The first kappa shape index (κ1) is 18.5. The number of rotatable bonds is 6. The molecule has 26 heavy (non-hydrogen) atoms. The molecule has 1 fully saturated rings. The van der Waals surface area contributed by atoms with E-state index in [0.29, 0.717) is 6.54 Å². The van der Waals surface area contributed by atoms with Gasteiger partial charge in [-0.05, 0) is 48.6 Å². The quantitative estimate of drug-likeness (QED) is 0.617. The lowest BCUT2D eigenvalue weighted by Gasteiger charge is -2.30. The lowest BCUT2D eigenvalue weighted by Crippen LogP contribution is -2.36. The number of nitrogens with one attached hydrogen (secondary N) is 2.